The number of carbonyl (C=O) groups excluding carboxylic acids is 1. The highest BCUT2D eigenvalue weighted by Gasteiger charge is 2.33. The fraction of sp³-hybridized carbons (Fsp3) is 0.500. The molecule has 0 spiro atoms. The van der Waals surface area contributed by atoms with E-state index in [-0.39, 0.29) is 17.9 Å². The number of nitrogens with zero attached hydrogens (tertiary/aromatic N) is 2. The number of amides is 1. The van der Waals surface area contributed by atoms with E-state index in [9.17, 15) is 4.79 Å². The second-order valence-electron chi connectivity index (χ2n) is 9.65. The van der Waals surface area contributed by atoms with Crippen molar-refractivity contribution in [2.45, 2.75) is 57.7 Å². The SMILES string of the molecule is CC(Nc1cc(N2CCN(C3CCC[C@H](C(N)=O)C3)C[C@@H]2C)ccc1Cl)c1ccc(Cl)cc1Cl. The number of piperazine rings is 1. The van der Waals surface area contributed by atoms with E-state index in [4.69, 9.17) is 40.5 Å². The average molecular weight is 524 g/mol. The summed E-state index contributed by atoms with van der Waals surface area (Å²) in [6.45, 7) is 7.20. The molecule has 1 amide bonds. The minimum Gasteiger partial charge on any atom is -0.377 e. The van der Waals surface area contributed by atoms with Crippen LogP contribution in [0, 0.1) is 5.92 Å². The summed E-state index contributed by atoms with van der Waals surface area (Å²) in [5.74, 6) is -0.125. The molecule has 0 bridgehead atoms. The zero-order valence-electron chi connectivity index (χ0n) is 19.7. The molecule has 184 valence electrons. The van der Waals surface area contributed by atoms with Crippen molar-refractivity contribution in [2.75, 3.05) is 29.9 Å². The van der Waals surface area contributed by atoms with Crippen LogP contribution >= 0.6 is 34.8 Å². The second-order valence-corrected chi connectivity index (χ2v) is 10.9. The molecule has 2 fully saturated rings. The molecule has 5 nitrogen and oxygen atoms in total. The van der Waals surface area contributed by atoms with Crippen molar-refractivity contribution in [2.24, 2.45) is 11.7 Å². The summed E-state index contributed by atoms with van der Waals surface area (Å²) in [7, 11) is 0. The third-order valence-corrected chi connectivity index (χ3v) is 8.20. The number of hydrogen-bond donors (Lipinski definition) is 2. The minimum absolute atomic E-state index is 0.0214. The molecule has 2 unspecified atom stereocenters. The van der Waals surface area contributed by atoms with Gasteiger partial charge in [-0.25, -0.2) is 0 Å². The van der Waals surface area contributed by atoms with Crippen LogP contribution in [0.1, 0.15) is 51.1 Å². The van der Waals surface area contributed by atoms with E-state index in [1.165, 1.54) is 0 Å². The standard InChI is InChI=1S/C26H33Cl3N4O/c1-16-15-32(20-5-3-4-18(12-20)26(30)34)10-11-33(16)21-7-9-23(28)25(14-21)31-17(2)22-8-6-19(27)13-24(22)29/h6-9,13-14,16-18,20,31H,3-5,10-12,15H2,1-2H3,(H2,30,34)/t16-,17?,18-,20?/m0/s1. The van der Waals surface area contributed by atoms with Gasteiger partial charge in [-0.05, 0) is 69.0 Å². The number of rotatable bonds is 6. The van der Waals surface area contributed by atoms with E-state index < -0.39 is 0 Å². The summed E-state index contributed by atoms with van der Waals surface area (Å²) in [4.78, 5) is 16.7. The molecule has 3 N–H and O–H groups in total. The summed E-state index contributed by atoms with van der Waals surface area (Å²) in [6, 6.07) is 12.5. The summed E-state index contributed by atoms with van der Waals surface area (Å²) < 4.78 is 0. The highest BCUT2D eigenvalue weighted by atomic mass is 35.5. The van der Waals surface area contributed by atoms with E-state index in [0.29, 0.717) is 27.2 Å². The fourth-order valence-corrected chi connectivity index (χ4v) is 6.17. The Labute approximate surface area is 217 Å². The topological polar surface area (TPSA) is 61.6 Å². The number of anilines is 2. The van der Waals surface area contributed by atoms with E-state index >= 15 is 0 Å². The average Bonchev–Trinajstić information content (AvgIpc) is 2.80. The predicted molar refractivity (Wildman–Crippen MR) is 143 cm³/mol. The lowest BCUT2D eigenvalue weighted by Crippen LogP contribution is -2.56. The largest absolute Gasteiger partial charge is 0.377 e. The number of benzene rings is 2. The van der Waals surface area contributed by atoms with Gasteiger partial charge in [-0.1, -0.05) is 47.3 Å². The first-order chi connectivity index (χ1) is 16.2. The maximum atomic E-state index is 11.7. The normalized spacial score (nSPS) is 24.6. The van der Waals surface area contributed by atoms with Crippen LogP contribution < -0.4 is 16.0 Å². The van der Waals surface area contributed by atoms with Gasteiger partial charge in [0.05, 0.1) is 16.8 Å². The molecular formula is C26H33Cl3N4O. The lowest BCUT2D eigenvalue weighted by Gasteiger charge is -2.46. The van der Waals surface area contributed by atoms with Gasteiger partial charge in [0.25, 0.3) is 0 Å². The van der Waals surface area contributed by atoms with Crippen molar-refractivity contribution in [3.05, 3.63) is 57.0 Å². The molecule has 34 heavy (non-hydrogen) atoms. The van der Waals surface area contributed by atoms with Gasteiger partial charge >= 0.3 is 0 Å². The highest BCUT2D eigenvalue weighted by Crippen LogP contribution is 2.35. The smallest absolute Gasteiger partial charge is 0.220 e. The third-order valence-electron chi connectivity index (χ3n) is 7.31. The van der Waals surface area contributed by atoms with Crippen LogP contribution in [-0.4, -0.2) is 42.5 Å². The first kappa shape index (κ1) is 25.4. The van der Waals surface area contributed by atoms with E-state index in [0.717, 1.165) is 62.3 Å². The number of hydrogen-bond acceptors (Lipinski definition) is 4. The Kier molecular flexibility index (Phi) is 8.19. The number of primary amides is 1. The molecular weight excluding hydrogens is 491 g/mol. The number of nitrogens with two attached hydrogens (primary N) is 1. The Bertz CT molecular complexity index is 1030. The molecule has 1 saturated carbocycles. The summed E-state index contributed by atoms with van der Waals surface area (Å²) in [5.41, 5.74) is 8.59. The monoisotopic (exact) mass is 522 g/mol. The summed E-state index contributed by atoms with van der Waals surface area (Å²) in [5, 5.41) is 5.44. The van der Waals surface area contributed by atoms with E-state index in [1.807, 2.05) is 18.2 Å². The minimum atomic E-state index is -0.147. The summed E-state index contributed by atoms with van der Waals surface area (Å²) >= 11 is 19.0. The molecule has 0 radical (unpaired) electrons. The first-order valence-corrected chi connectivity index (χ1v) is 13.2. The van der Waals surface area contributed by atoms with Gasteiger partial charge in [-0.3, -0.25) is 9.69 Å². The van der Waals surface area contributed by atoms with Crippen molar-refractivity contribution in [3.8, 4) is 0 Å². The fourth-order valence-electron chi connectivity index (χ4n) is 5.42. The molecule has 8 heteroatoms. The number of nitrogens with one attached hydrogen (secondary N) is 1. The predicted octanol–water partition coefficient (Wildman–Crippen LogP) is 6.37. The Balaban J connectivity index is 1.44. The molecule has 4 rings (SSSR count). The molecule has 2 aromatic carbocycles. The van der Waals surface area contributed by atoms with Crippen LogP contribution in [0.2, 0.25) is 15.1 Å². The van der Waals surface area contributed by atoms with E-state index in [2.05, 4.69) is 41.1 Å². The zero-order chi connectivity index (χ0) is 24.4. The highest BCUT2D eigenvalue weighted by molar-refractivity contribution is 6.35. The Morgan fingerprint density at radius 3 is 2.59 bits per heavy atom. The maximum absolute atomic E-state index is 11.7. The molecule has 1 aliphatic heterocycles. The van der Waals surface area contributed by atoms with Crippen LogP contribution in [0.5, 0.6) is 0 Å². The molecule has 1 heterocycles. The van der Waals surface area contributed by atoms with Gasteiger partial charge in [0.15, 0.2) is 0 Å². The summed E-state index contributed by atoms with van der Waals surface area (Å²) in [6.07, 6.45) is 4.05. The van der Waals surface area contributed by atoms with Crippen LogP contribution in [0.3, 0.4) is 0 Å². The number of halogens is 3. The molecule has 2 aromatic rings. The van der Waals surface area contributed by atoms with Gasteiger partial charge < -0.3 is 16.0 Å². The van der Waals surface area contributed by atoms with Gasteiger partial charge in [-0.15, -0.1) is 0 Å². The van der Waals surface area contributed by atoms with Crippen molar-refractivity contribution in [1.82, 2.24) is 4.90 Å². The van der Waals surface area contributed by atoms with Crippen LogP contribution in [0.15, 0.2) is 36.4 Å². The first-order valence-electron chi connectivity index (χ1n) is 12.0. The Morgan fingerprint density at radius 1 is 1.09 bits per heavy atom. The van der Waals surface area contributed by atoms with Gasteiger partial charge in [0, 0.05) is 53.4 Å². The maximum Gasteiger partial charge on any atom is 0.220 e. The lowest BCUT2D eigenvalue weighted by atomic mass is 9.84. The van der Waals surface area contributed by atoms with Crippen LogP contribution in [0.4, 0.5) is 11.4 Å². The van der Waals surface area contributed by atoms with Crippen molar-refractivity contribution in [1.29, 1.82) is 0 Å². The quantitative estimate of drug-likeness (QED) is 0.461. The van der Waals surface area contributed by atoms with Crippen molar-refractivity contribution >= 4 is 52.1 Å². The van der Waals surface area contributed by atoms with Crippen molar-refractivity contribution < 1.29 is 4.79 Å². The van der Waals surface area contributed by atoms with Gasteiger partial charge in [0.1, 0.15) is 0 Å². The molecule has 2 aliphatic rings. The van der Waals surface area contributed by atoms with Gasteiger partial charge in [-0.2, -0.15) is 0 Å². The lowest BCUT2D eigenvalue weighted by molar-refractivity contribution is -0.123. The molecule has 1 saturated heterocycles. The van der Waals surface area contributed by atoms with Gasteiger partial charge in [0.2, 0.25) is 5.91 Å². The number of carbonyl (C=O) groups is 1. The van der Waals surface area contributed by atoms with E-state index in [1.54, 1.807) is 6.07 Å². The van der Waals surface area contributed by atoms with Crippen LogP contribution in [-0.2, 0) is 4.79 Å². The van der Waals surface area contributed by atoms with Crippen LogP contribution in [0.25, 0.3) is 0 Å². The molecule has 4 atom stereocenters. The molecule has 0 aromatic heterocycles. The Hall–Kier alpha value is -1.66. The third kappa shape index (κ3) is 5.76. The van der Waals surface area contributed by atoms with Crippen molar-refractivity contribution in [3.63, 3.8) is 0 Å². The Morgan fingerprint density at radius 2 is 1.88 bits per heavy atom. The second kappa shape index (κ2) is 10.9. The molecule has 1 aliphatic carbocycles. The zero-order valence-corrected chi connectivity index (χ0v) is 22.0.